The minimum absolute atomic E-state index is 0.157. The summed E-state index contributed by atoms with van der Waals surface area (Å²) in [5.41, 5.74) is 29.4. The van der Waals surface area contributed by atoms with Crippen molar-refractivity contribution in [3.05, 3.63) is 263 Å². The molecule has 6 aliphatic heterocycles. The van der Waals surface area contributed by atoms with E-state index in [-0.39, 0.29) is 25.6 Å². The van der Waals surface area contributed by atoms with Gasteiger partial charge in [0.15, 0.2) is 5.82 Å². The van der Waals surface area contributed by atoms with Crippen LogP contribution in [-0.4, -0.2) is 222 Å². The summed E-state index contributed by atoms with van der Waals surface area (Å²) in [5.74, 6) is -0.372. The number of aliphatic hydroxyl groups is 4. The summed E-state index contributed by atoms with van der Waals surface area (Å²) in [4.78, 5) is 47.2. The molecule has 672 valence electrons. The molecular formula is C104H114FN21O5. The smallest absolute Gasteiger partial charge is 0.161 e. The first-order chi connectivity index (χ1) is 63.7. The number of rotatable bonds is 24. The standard InChI is InChI=1S/C19H21N3O.C18H20N4.C18H19N3O.C17H19N3O.C16H17FN4O.C16H18N4O/c1-12-7-17(22-15-9-19(2,23)10-15)16-4-3-13(8-18(16)21-12)14-5-6-20-11-14;1-12-7-17(21-15-10-22(2)11-15)16-4-3-13(8-18(16)20-12)14-5-6-19-9-14;1-12-8-17(21-15-5-7-22-11-15)16-3-2-13(9-18(16)20-12)14-4-6-19-10-14;1-12-9-16(19-6-2-8-21)15-4-3-13(10-17(15)20-12)14-5-7-18-11-14;1-11-7-15(18-5-2-6-22)14-4-3-13(8-16(14)20-11)21-10-12(17)9-19-21;1-12-10-15(17-6-3-9-21)14-5-4-13(11-16(14)19-12)20-8-2-7-18-20/h3-8,15,23H,9-11H2,1-2H3,(H,21,22);3-8,15H,9-11H2,1-2H3,(H,20,21);2-4,6,8-9,15H,5,7,10-11H2,1H3,(H,20,21);3-5,7,9-10,21H,2,6,8,11H2,1H3,(H,19,20);3-4,7-10,22H,2,5-6H2,1H3,(H,18,20);2,4-5,7-8,10-11,21H,3,6,9H2,1H3,(H,17,19). The van der Waals surface area contributed by atoms with Crippen LogP contribution in [0.5, 0.6) is 0 Å². The molecule has 131 heavy (non-hydrogen) atoms. The van der Waals surface area contributed by atoms with Crippen LogP contribution in [-0.2, 0) is 4.74 Å². The molecule has 3 fully saturated rings. The number of allylic oxidation sites excluding steroid dienone is 4. The number of fused-ring (bicyclic) bond motifs is 6. The van der Waals surface area contributed by atoms with E-state index in [1.54, 1.807) is 6.20 Å². The zero-order valence-electron chi connectivity index (χ0n) is 75.5. The van der Waals surface area contributed by atoms with E-state index >= 15 is 0 Å². The Morgan fingerprint density at radius 1 is 0.420 bits per heavy atom. The Hall–Kier alpha value is -13.7. The van der Waals surface area contributed by atoms with E-state index in [4.69, 9.17) is 35.0 Å². The maximum atomic E-state index is 13.1. The number of aromatic nitrogens is 10. The van der Waals surface area contributed by atoms with E-state index in [0.29, 0.717) is 31.1 Å². The second kappa shape index (κ2) is 42.3. The number of hydrogen-bond acceptors (Lipinski definition) is 24. The highest BCUT2D eigenvalue weighted by Gasteiger charge is 2.38. The molecular weight excluding hydrogens is 1640 g/mol. The number of nitrogens with zero attached hydrogens (tertiary/aromatic N) is 15. The first-order valence-electron chi connectivity index (χ1n) is 45.0. The van der Waals surface area contributed by atoms with Gasteiger partial charge in [0.1, 0.15) is 0 Å². The highest BCUT2D eigenvalue weighted by Crippen LogP contribution is 2.38. The zero-order valence-corrected chi connectivity index (χ0v) is 75.5. The van der Waals surface area contributed by atoms with E-state index < -0.39 is 5.60 Å². The van der Waals surface area contributed by atoms with Gasteiger partial charge in [0.25, 0.3) is 0 Å². The summed E-state index contributed by atoms with van der Waals surface area (Å²) in [5, 5.41) is 72.4. The van der Waals surface area contributed by atoms with Crippen LogP contribution < -0.4 is 31.9 Å². The van der Waals surface area contributed by atoms with E-state index in [1.165, 1.54) is 78.1 Å². The Bertz CT molecular complexity index is 6710. The number of anilines is 6. The van der Waals surface area contributed by atoms with Crippen molar-refractivity contribution in [3.8, 4) is 11.4 Å². The predicted octanol–water partition coefficient (Wildman–Crippen LogP) is 17.3. The summed E-state index contributed by atoms with van der Waals surface area (Å²) in [6, 6.07) is 53.2. The number of aliphatic imine (C=N–C) groups is 4. The van der Waals surface area contributed by atoms with Crippen LogP contribution in [0.2, 0.25) is 0 Å². The molecule has 0 bridgehead atoms. The number of ether oxygens (including phenoxy) is 1. The Balaban J connectivity index is 0.000000115. The fraction of sp³-hybridized carbons (Fsp3) is 0.308. The molecule has 14 aromatic rings. The summed E-state index contributed by atoms with van der Waals surface area (Å²) >= 11 is 0. The lowest BCUT2D eigenvalue weighted by atomic mass is 9.77. The van der Waals surface area contributed by atoms with Crippen molar-refractivity contribution in [3.63, 3.8) is 0 Å². The molecule has 0 spiro atoms. The molecule has 1 aliphatic carbocycles. The maximum Gasteiger partial charge on any atom is 0.161 e. The average molecular weight is 1760 g/mol. The first-order valence-corrected chi connectivity index (χ1v) is 45.0. The van der Waals surface area contributed by atoms with Crippen LogP contribution >= 0.6 is 0 Å². The summed E-state index contributed by atoms with van der Waals surface area (Å²) < 4.78 is 21.9. The van der Waals surface area contributed by atoms with Crippen LogP contribution in [0.25, 0.3) is 99.1 Å². The molecule has 0 radical (unpaired) electrons. The minimum Gasteiger partial charge on any atom is -0.396 e. The number of hydrogen-bond donors (Lipinski definition) is 10. The molecule has 27 heteroatoms. The van der Waals surface area contributed by atoms with Crippen molar-refractivity contribution in [1.82, 2.24) is 54.4 Å². The topological polar surface area (TPSA) is 328 Å². The monoisotopic (exact) mass is 1760 g/mol. The number of aryl methyl sites for hydroxylation is 6. The van der Waals surface area contributed by atoms with Crippen LogP contribution in [0.4, 0.5) is 38.5 Å². The molecule has 10 N–H and O–H groups in total. The van der Waals surface area contributed by atoms with Gasteiger partial charge in [-0.05, 0) is 266 Å². The van der Waals surface area contributed by atoms with Gasteiger partial charge >= 0.3 is 0 Å². The molecule has 21 rings (SSSR count). The Labute approximate surface area is 762 Å². The van der Waals surface area contributed by atoms with Crippen LogP contribution in [0.15, 0.2) is 221 Å². The van der Waals surface area contributed by atoms with Gasteiger partial charge in [-0.15, -0.1) is 0 Å². The number of pyridine rings is 6. The lowest BCUT2D eigenvalue weighted by molar-refractivity contribution is -0.0234. The van der Waals surface area contributed by atoms with Crippen molar-refractivity contribution in [1.29, 1.82) is 0 Å². The van der Waals surface area contributed by atoms with Crippen molar-refractivity contribution in [2.24, 2.45) is 20.0 Å². The summed E-state index contributed by atoms with van der Waals surface area (Å²) in [7, 11) is 2.15. The molecule has 14 heterocycles. The molecule has 1 atom stereocenters. The van der Waals surface area contributed by atoms with Gasteiger partial charge in [-0.3, -0.25) is 49.9 Å². The normalized spacial score (nSPS) is 17.0. The van der Waals surface area contributed by atoms with Gasteiger partial charge in [0.05, 0.1) is 107 Å². The molecule has 1 unspecified atom stereocenters. The largest absolute Gasteiger partial charge is 0.396 e. The van der Waals surface area contributed by atoms with Gasteiger partial charge in [-0.25, -0.2) is 13.8 Å². The maximum absolute atomic E-state index is 13.1. The van der Waals surface area contributed by atoms with Gasteiger partial charge in [-0.2, -0.15) is 10.2 Å². The van der Waals surface area contributed by atoms with Gasteiger partial charge in [0, 0.05) is 203 Å². The second-order valence-electron chi connectivity index (χ2n) is 34.5. The number of likely N-dealkylation sites (N-methyl/N-ethyl adjacent to an activating group) is 1. The number of aliphatic hydroxyl groups excluding tert-OH is 3. The van der Waals surface area contributed by atoms with E-state index in [9.17, 15) is 9.50 Å². The molecule has 6 aromatic carbocycles. The summed E-state index contributed by atoms with van der Waals surface area (Å²) in [6.07, 6.45) is 26.7. The molecule has 8 aromatic heterocycles. The van der Waals surface area contributed by atoms with Gasteiger partial charge in [0.2, 0.25) is 0 Å². The van der Waals surface area contributed by atoms with Crippen LogP contribution in [0.1, 0.15) is 102 Å². The fourth-order valence-corrected chi connectivity index (χ4v) is 17.1. The molecule has 26 nitrogen and oxygen atoms in total. The average Bonchev–Trinajstić information content (AvgIpc) is 1.73. The molecule has 0 amide bonds. The Morgan fingerprint density at radius 2 is 0.763 bits per heavy atom. The highest BCUT2D eigenvalue weighted by molar-refractivity contribution is 6.01. The zero-order chi connectivity index (χ0) is 90.9. The molecule has 2 saturated heterocycles. The molecule has 1 saturated carbocycles. The second-order valence-corrected chi connectivity index (χ2v) is 34.5. The first kappa shape index (κ1) is 90.7. The lowest BCUT2D eigenvalue weighted by Crippen LogP contribution is -2.52. The van der Waals surface area contributed by atoms with E-state index in [1.807, 2.05) is 126 Å². The molecule has 7 aliphatic rings. The SMILES string of the molecule is Cc1cc(NC2CC(C)(O)C2)c2ccc(C3=CC=NC3)cc2n1.Cc1cc(NC2CCOC2)c2ccc(C3=CC=NC3)cc2n1.Cc1cc(NC2CN(C)C2)c2ccc(C3=CC=NC3)cc2n1.Cc1cc(NCCCO)c2ccc(-n3cc(F)cn3)cc2n1.Cc1cc(NCCCO)c2ccc(-n3cccn3)cc2n1.Cc1cc(NCCCO)c2ccc(C3=CC=NC3)cc2n1. The lowest BCUT2D eigenvalue weighted by Gasteiger charge is -2.41. The third-order valence-electron chi connectivity index (χ3n) is 23.6. The fourth-order valence-electron chi connectivity index (χ4n) is 17.1. The number of nitrogens with one attached hydrogen (secondary N) is 6. The van der Waals surface area contributed by atoms with Gasteiger partial charge in [-0.1, -0.05) is 48.5 Å². The Kier molecular flexibility index (Phi) is 29.3. The summed E-state index contributed by atoms with van der Waals surface area (Å²) in [6.45, 7) is 23.5. The van der Waals surface area contributed by atoms with E-state index in [0.717, 1.165) is 226 Å². The van der Waals surface area contributed by atoms with Crippen molar-refractivity contribution >= 4 is 147 Å². The van der Waals surface area contributed by atoms with Crippen molar-refractivity contribution in [2.75, 3.05) is 131 Å². The Morgan fingerprint density at radius 3 is 1.08 bits per heavy atom. The van der Waals surface area contributed by atoms with Gasteiger partial charge < -0.3 is 62.0 Å². The van der Waals surface area contributed by atoms with Crippen molar-refractivity contribution < 1.29 is 29.6 Å². The quantitative estimate of drug-likeness (QED) is 0.0251. The third kappa shape index (κ3) is 23.1. The number of halogens is 1. The third-order valence-corrected chi connectivity index (χ3v) is 23.6. The highest BCUT2D eigenvalue weighted by atomic mass is 19.1. The predicted molar refractivity (Wildman–Crippen MR) is 534 cm³/mol. The minimum atomic E-state index is -0.516. The number of likely N-dealkylation sites (tertiary alicyclic amines) is 1. The number of benzene rings is 6. The van der Waals surface area contributed by atoms with Crippen LogP contribution in [0.3, 0.4) is 0 Å². The van der Waals surface area contributed by atoms with Crippen molar-refractivity contribution in [2.45, 2.75) is 111 Å². The van der Waals surface area contributed by atoms with Crippen LogP contribution in [0, 0.1) is 47.4 Å². The van der Waals surface area contributed by atoms with E-state index in [2.05, 4.69) is 223 Å².